The normalized spacial score (nSPS) is 15.4. The summed E-state index contributed by atoms with van der Waals surface area (Å²) in [4.78, 5) is 16.9. The molecule has 8 heteroatoms. The number of hydrogen-bond acceptors (Lipinski definition) is 4. The van der Waals surface area contributed by atoms with Gasteiger partial charge in [0.05, 0.1) is 4.92 Å². The van der Waals surface area contributed by atoms with E-state index in [1.54, 1.807) is 31.3 Å². The summed E-state index contributed by atoms with van der Waals surface area (Å²) in [6.07, 6.45) is 1.82. The van der Waals surface area contributed by atoms with Crippen LogP contribution in [-0.4, -0.2) is 37.1 Å². The molecule has 2 aromatic carbocycles. The fraction of sp³-hybridized carbons (Fsp3) is 0.350. The number of piperidine rings is 1. The zero-order valence-electron chi connectivity index (χ0n) is 15.8. The van der Waals surface area contributed by atoms with E-state index in [2.05, 4.69) is 20.5 Å². The Bertz CT molecular complexity index is 850. The lowest BCUT2D eigenvalue weighted by molar-refractivity contribution is -0.384. The van der Waals surface area contributed by atoms with Crippen LogP contribution in [0.5, 0.6) is 0 Å². The quantitative estimate of drug-likeness (QED) is 0.358. The van der Waals surface area contributed by atoms with Gasteiger partial charge in [-0.25, -0.2) is 4.39 Å². The first-order valence-electron chi connectivity index (χ1n) is 9.26. The first kappa shape index (κ1) is 19.6. The largest absolute Gasteiger partial charge is 0.371 e. The van der Waals surface area contributed by atoms with Gasteiger partial charge in [0.1, 0.15) is 5.82 Å². The highest BCUT2D eigenvalue weighted by atomic mass is 19.1. The number of halogens is 1. The summed E-state index contributed by atoms with van der Waals surface area (Å²) < 4.78 is 13.4. The van der Waals surface area contributed by atoms with Gasteiger partial charge in [0, 0.05) is 50.5 Å². The van der Waals surface area contributed by atoms with Gasteiger partial charge in [-0.15, -0.1) is 0 Å². The van der Waals surface area contributed by atoms with Crippen molar-refractivity contribution in [1.29, 1.82) is 0 Å². The molecule has 1 heterocycles. The molecule has 0 bridgehead atoms. The van der Waals surface area contributed by atoms with E-state index in [1.165, 1.54) is 12.1 Å². The molecule has 1 aliphatic heterocycles. The maximum atomic E-state index is 13.4. The second kappa shape index (κ2) is 9.16. The van der Waals surface area contributed by atoms with Crippen LogP contribution in [0.2, 0.25) is 0 Å². The maximum Gasteiger partial charge on any atom is 0.269 e. The summed E-state index contributed by atoms with van der Waals surface area (Å²) in [6, 6.07) is 13.5. The van der Waals surface area contributed by atoms with E-state index in [1.807, 2.05) is 12.1 Å². The molecule has 2 N–H and O–H groups in total. The number of hydrogen-bond donors (Lipinski definition) is 2. The monoisotopic (exact) mass is 385 g/mol. The highest BCUT2D eigenvalue weighted by Crippen LogP contribution is 2.20. The van der Waals surface area contributed by atoms with Gasteiger partial charge in [-0.05, 0) is 36.6 Å². The van der Waals surface area contributed by atoms with Crippen molar-refractivity contribution in [3.63, 3.8) is 0 Å². The molecule has 0 atom stereocenters. The van der Waals surface area contributed by atoms with E-state index in [-0.39, 0.29) is 17.5 Å². The number of nitro benzene ring substituents is 1. The lowest BCUT2D eigenvalue weighted by Gasteiger charge is -2.34. The second-order valence-electron chi connectivity index (χ2n) is 6.74. The number of nitrogens with zero attached hydrogens (tertiary/aromatic N) is 3. The zero-order valence-corrected chi connectivity index (χ0v) is 15.8. The summed E-state index contributed by atoms with van der Waals surface area (Å²) in [6.45, 7) is 2.12. The Morgan fingerprint density at radius 3 is 2.68 bits per heavy atom. The van der Waals surface area contributed by atoms with Crippen LogP contribution in [0.25, 0.3) is 0 Å². The standard InChI is InChI=1S/C20H24FN5O2/c1-22-20(23-14-15-4-2-7-19(12-15)26(27)28)24-17-8-10-25(11-9-17)18-6-3-5-16(21)13-18/h2-7,12-13,17H,8-11,14H2,1H3,(H2,22,23,24). The second-order valence-corrected chi connectivity index (χ2v) is 6.74. The first-order valence-corrected chi connectivity index (χ1v) is 9.26. The van der Waals surface area contributed by atoms with Gasteiger partial charge in [0.15, 0.2) is 5.96 Å². The summed E-state index contributed by atoms with van der Waals surface area (Å²) in [7, 11) is 1.70. The number of anilines is 1. The van der Waals surface area contributed by atoms with Crippen molar-refractivity contribution in [3.8, 4) is 0 Å². The Morgan fingerprint density at radius 1 is 1.25 bits per heavy atom. The maximum absolute atomic E-state index is 13.4. The molecule has 0 aliphatic carbocycles. The van der Waals surface area contributed by atoms with Crippen LogP contribution in [-0.2, 0) is 6.54 Å². The summed E-state index contributed by atoms with van der Waals surface area (Å²) >= 11 is 0. The van der Waals surface area contributed by atoms with Crippen molar-refractivity contribution in [2.75, 3.05) is 25.0 Å². The molecular formula is C20H24FN5O2. The van der Waals surface area contributed by atoms with Crippen molar-refractivity contribution >= 4 is 17.3 Å². The molecule has 0 unspecified atom stereocenters. The number of aliphatic imine (C=N–C) groups is 1. The van der Waals surface area contributed by atoms with E-state index in [0.29, 0.717) is 12.5 Å². The van der Waals surface area contributed by atoms with Gasteiger partial charge < -0.3 is 15.5 Å². The molecule has 7 nitrogen and oxygen atoms in total. The number of guanidine groups is 1. The van der Waals surface area contributed by atoms with Gasteiger partial charge in [0.2, 0.25) is 0 Å². The third-order valence-electron chi connectivity index (χ3n) is 4.81. The van der Waals surface area contributed by atoms with Gasteiger partial charge in [-0.1, -0.05) is 18.2 Å². The van der Waals surface area contributed by atoms with Crippen LogP contribution in [0.1, 0.15) is 18.4 Å². The number of rotatable bonds is 5. The minimum absolute atomic E-state index is 0.0759. The van der Waals surface area contributed by atoms with Crippen molar-refractivity contribution in [2.45, 2.75) is 25.4 Å². The van der Waals surface area contributed by atoms with Crippen LogP contribution in [0.15, 0.2) is 53.5 Å². The molecule has 3 rings (SSSR count). The summed E-state index contributed by atoms with van der Waals surface area (Å²) in [5, 5.41) is 17.5. The summed E-state index contributed by atoms with van der Waals surface area (Å²) in [5.74, 6) is 0.444. The SMILES string of the molecule is CN=C(NCc1cccc([N+](=O)[O-])c1)NC1CCN(c2cccc(F)c2)CC1. The predicted octanol–water partition coefficient (Wildman–Crippen LogP) is 3.07. The van der Waals surface area contributed by atoms with E-state index in [4.69, 9.17) is 0 Å². The molecule has 0 aromatic heterocycles. The minimum atomic E-state index is -0.400. The Hall–Kier alpha value is -3.16. The number of nitrogens with one attached hydrogen (secondary N) is 2. The number of non-ortho nitro benzene ring substituents is 1. The average Bonchev–Trinajstić information content (AvgIpc) is 2.71. The van der Waals surface area contributed by atoms with E-state index in [9.17, 15) is 14.5 Å². The van der Waals surface area contributed by atoms with Gasteiger partial charge in [-0.2, -0.15) is 0 Å². The Morgan fingerprint density at radius 2 is 2.00 bits per heavy atom. The molecule has 2 aromatic rings. The van der Waals surface area contributed by atoms with Crippen molar-refractivity contribution in [2.24, 2.45) is 4.99 Å². The molecule has 0 saturated carbocycles. The van der Waals surface area contributed by atoms with Gasteiger partial charge in [0.25, 0.3) is 5.69 Å². The summed E-state index contributed by atoms with van der Waals surface area (Å²) in [5.41, 5.74) is 1.80. The molecule has 1 fully saturated rings. The number of benzene rings is 2. The van der Waals surface area contributed by atoms with Crippen LogP contribution in [0, 0.1) is 15.9 Å². The van der Waals surface area contributed by atoms with Gasteiger partial charge >= 0.3 is 0 Å². The van der Waals surface area contributed by atoms with Crippen LogP contribution in [0.4, 0.5) is 15.8 Å². The molecule has 0 amide bonds. The molecule has 0 radical (unpaired) electrons. The van der Waals surface area contributed by atoms with Crippen LogP contribution in [0.3, 0.4) is 0 Å². The highest BCUT2D eigenvalue weighted by molar-refractivity contribution is 5.80. The molecular weight excluding hydrogens is 361 g/mol. The Labute approximate surface area is 163 Å². The Kier molecular flexibility index (Phi) is 6.41. The molecule has 28 heavy (non-hydrogen) atoms. The van der Waals surface area contributed by atoms with E-state index in [0.717, 1.165) is 37.2 Å². The zero-order chi connectivity index (χ0) is 19.9. The van der Waals surface area contributed by atoms with Crippen molar-refractivity contribution < 1.29 is 9.31 Å². The fourth-order valence-corrected chi connectivity index (χ4v) is 3.31. The van der Waals surface area contributed by atoms with Crippen LogP contribution >= 0.6 is 0 Å². The lowest BCUT2D eigenvalue weighted by Crippen LogP contribution is -2.48. The van der Waals surface area contributed by atoms with E-state index < -0.39 is 4.92 Å². The van der Waals surface area contributed by atoms with Crippen molar-refractivity contribution in [1.82, 2.24) is 10.6 Å². The molecule has 148 valence electrons. The van der Waals surface area contributed by atoms with Crippen molar-refractivity contribution in [3.05, 3.63) is 70.0 Å². The third kappa shape index (κ3) is 5.18. The predicted molar refractivity (Wildman–Crippen MR) is 108 cm³/mol. The van der Waals surface area contributed by atoms with E-state index >= 15 is 0 Å². The highest BCUT2D eigenvalue weighted by Gasteiger charge is 2.20. The molecule has 0 spiro atoms. The topological polar surface area (TPSA) is 82.8 Å². The Balaban J connectivity index is 1.49. The third-order valence-corrected chi connectivity index (χ3v) is 4.81. The average molecular weight is 385 g/mol. The first-order chi connectivity index (χ1) is 13.5. The molecule has 1 aliphatic rings. The number of nitro groups is 1. The van der Waals surface area contributed by atoms with Crippen LogP contribution < -0.4 is 15.5 Å². The molecule has 1 saturated heterocycles. The smallest absolute Gasteiger partial charge is 0.269 e. The fourth-order valence-electron chi connectivity index (χ4n) is 3.31. The van der Waals surface area contributed by atoms with Gasteiger partial charge in [-0.3, -0.25) is 15.1 Å². The lowest BCUT2D eigenvalue weighted by atomic mass is 10.0. The minimum Gasteiger partial charge on any atom is -0.371 e.